The van der Waals surface area contributed by atoms with Crippen molar-refractivity contribution in [1.29, 1.82) is 0 Å². The van der Waals surface area contributed by atoms with E-state index in [4.69, 9.17) is 0 Å². The first-order valence-corrected chi connectivity index (χ1v) is 10.3. The van der Waals surface area contributed by atoms with E-state index in [1.165, 1.54) is 23.1 Å². The number of nitrogens with one attached hydrogen (secondary N) is 3. The number of H-pyrrole nitrogens is 1. The molecule has 9 heteroatoms. The van der Waals surface area contributed by atoms with Crippen LogP contribution in [0.3, 0.4) is 0 Å². The largest absolute Gasteiger partial charge is 0.350 e. The van der Waals surface area contributed by atoms with E-state index in [-0.39, 0.29) is 53.8 Å². The summed E-state index contributed by atoms with van der Waals surface area (Å²) < 4.78 is 0. The van der Waals surface area contributed by atoms with Crippen LogP contribution in [0.15, 0.2) is 42.7 Å². The minimum Gasteiger partial charge on any atom is -0.350 e. The quantitative estimate of drug-likeness (QED) is 0.388. The molecule has 1 aliphatic rings. The van der Waals surface area contributed by atoms with E-state index in [2.05, 4.69) is 20.6 Å². The number of carbonyl (C=O) groups excluding carboxylic acids is 4. The highest BCUT2D eigenvalue weighted by molar-refractivity contribution is 6.22. The van der Waals surface area contributed by atoms with E-state index in [1.807, 2.05) is 13.8 Å². The topological polar surface area (TPSA) is 124 Å². The van der Waals surface area contributed by atoms with Gasteiger partial charge in [0.05, 0.1) is 28.5 Å². The number of aromatic amines is 1. The molecule has 1 aliphatic heterocycles. The van der Waals surface area contributed by atoms with Crippen LogP contribution in [0.4, 0.5) is 0 Å². The summed E-state index contributed by atoms with van der Waals surface area (Å²) in [5.74, 6) is -1.21. The molecule has 2 heterocycles. The molecule has 4 amide bonds. The molecule has 2 aromatic carbocycles. The number of nitrogens with zero attached hydrogens (tertiary/aromatic N) is 2. The van der Waals surface area contributed by atoms with Gasteiger partial charge in [0.15, 0.2) is 0 Å². The van der Waals surface area contributed by atoms with Crippen molar-refractivity contribution in [3.05, 3.63) is 65.0 Å². The Morgan fingerprint density at radius 3 is 2.25 bits per heavy atom. The summed E-state index contributed by atoms with van der Waals surface area (Å²) in [6, 6.07) is 9.63. The maximum atomic E-state index is 12.6. The van der Waals surface area contributed by atoms with Crippen LogP contribution in [0, 0.1) is 5.92 Å². The standard InChI is InChI=1S/C23H23N5O4/c1-13(2)11-28-22(31)16-5-3-14(9-17(16)23(28)32)20(29)24-7-8-25-21(30)15-4-6-18-19(10-15)27-12-26-18/h3-6,9-10,12-13H,7-8,11H2,1-2H3,(H,24,29)(H,25,30)(H,26,27). The van der Waals surface area contributed by atoms with Crippen molar-refractivity contribution in [2.45, 2.75) is 13.8 Å². The van der Waals surface area contributed by atoms with Gasteiger partial charge < -0.3 is 15.6 Å². The molecule has 32 heavy (non-hydrogen) atoms. The lowest BCUT2D eigenvalue weighted by Gasteiger charge is -2.15. The zero-order valence-electron chi connectivity index (χ0n) is 17.8. The van der Waals surface area contributed by atoms with Gasteiger partial charge in [0.25, 0.3) is 23.6 Å². The van der Waals surface area contributed by atoms with Crippen molar-refractivity contribution in [3.8, 4) is 0 Å². The third kappa shape index (κ3) is 4.09. The smallest absolute Gasteiger partial charge is 0.261 e. The lowest BCUT2D eigenvalue weighted by molar-refractivity contribution is 0.0635. The Kier molecular flexibility index (Phi) is 5.72. The molecular weight excluding hydrogens is 410 g/mol. The molecule has 1 aromatic heterocycles. The van der Waals surface area contributed by atoms with Gasteiger partial charge in [-0.1, -0.05) is 13.8 Å². The molecule has 0 spiro atoms. The van der Waals surface area contributed by atoms with Crippen molar-refractivity contribution < 1.29 is 19.2 Å². The molecule has 0 saturated carbocycles. The van der Waals surface area contributed by atoms with E-state index >= 15 is 0 Å². The third-order valence-electron chi connectivity index (χ3n) is 5.16. The van der Waals surface area contributed by atoms with Crippen LogP contribution in [0.2, 0.25) is 0 Å². The van der Waals surface area contributed by atoms with Crippen molar-refractivity contribution in [3.63, 3.8) is 0 Å². The molecule has 0 radical (unpaired) electrons. The van der Waals surface area contributed by atoms with Crippen LogP contribution < -0.4 is 10.6 Å². The number of hydrogen-bond donors (Lipinski definition) is 3. The SMILES string of the molecule is CC(C)CN1C(=O)c2ccc(C(=O)NCCNC(=O)c3ccc4nc[nH]c4c3)cc2C1=O. The van der Waals surface area contributed by atoms with Crippen LogP contribution >= 0.6 is 0 Å². The van der Waals surface area contributed by atoms with Crippen molar-refractivity contribution in [1.82, 2.24) is 25.5 Å². The first kappa shape index (κ1) is 21.2. The molecule has 3 N–H and O–H groups in total. The zero-order valence-corrected chi connectivity index (χ0v) is 17.8. The molecule has 3 aromatic rings. The third-order valence-corrected chi connectivity index (χ3v) is 5.16. The summed E-state index contributed by atoms with van der Waals surface area (Å²) in [5, 5.41) is 5.46. The zero-order chi connectivity index (χ0) is 22.8. The fourth-order valence-electron chi connectivity index (χ4n) is 3.60. The van der Waals surface area contributed by atoms with Crippen LogP contribution in [-0.2, 0) is 0 Å². The molecular formula is C23H23N5O4. The number of hydrogen-bond acceptors (Lipinski definition) is 5. The van der Waals surface area contributed by atoms with Gasteiger partial charge in [-0.15, -0.1) is 0 Å². The monoisotopic (exact) mass is 433 g/mol. The number of amides is 4. The predicted molar refractivity (Wildman–Crippen MR) is 117 cm³/mol. The molecule has 0 bridgehead atoms. The number of benzene rings is 2. The Labute approximate surface area is 184 Å². The molecule has 0 unspecified atom stereocenters. The molecule has 0 fully saturated rings. The summed E-state index contributed by atoms with van der Waals surface area (Å²) in [7, 11) is 0. The number of fused-ring (bicyclic) bond motifs is 2. The van der Waals surface area contributed by atoms with Gasteiger partial charge in [-0.2, -0.15) is 0 Å². The number of imide groups is 1. The Balaban J connectivity index is 1.32. The van der Waals surface area contributed by atoms with Crippen molar-refractivity contribution in [2.24, 2.45) is 5.92 Å². The van der Waals surface area contributed by atoms with Crippen LogP contribution in [-0.4, -0.2) is 58.1 Å². The summed E-state index contributed by atoms with van der Waals surface area (Å²) in [6.45, 7) is 4.63. The maximum Gasteiger partial charge on any atom is 0.261 e. The minimum absolute atomic E-state index is 0.150. The van der Waals surface area contributed by atoms with Gasteiger partial charge in [-0.05, 0) is 42.3 Å². The van der Waals surface area contributed by atoms with E-state index in [9.17, 15) is 19.2 Å². The second-order valence-corrected chi connectivity index (χ2v) is 8.02. The fourth-order valence-corrected chi connectivity index (χ4v) is 3.60. The summed E-state index contributed by atoms with van der Waals surface area (Å²) in [4.78, 5) is 58.1. The summed E-state index contributed by atoms with van der Waals surface area (Å²) in [5.41, 5.74) is 2.87. The first-order valence-electron chi connectivity index (χ1n) is 10.3. The number of carbonyl (C=O) groups is 4. The molecule has 0 atom stereocenters. The Morgan fingerprint density at radius 1 is 0.938 bits per heavy atom. The predicted octanol–water partition coefficient (Wildman–Crippen LogP) is 1.97. The van der Waals surface area contributed by atoms with Crippen molar-refractivity contribution >= 4 is 34.7 Å². The van der Waals surface area contributed by atoms with Gasteiger partial charge >= 0.3 is 0 Å². The van der Waals surface area contributed by atoms with Crippen LogP contribution in [0.25, 0.3) is 11.0 Å². The molecule has 0 aliphatic carbocycles. The molecule has 4 rings (SSSR count). The lowest BCUT2D eigenvalue weighted by atomic mass is 10.1. The molecule has 0 saturated heterocycles. The Bertz CT molecular complexity index is 1230. The highest BCUT2D eigenvalue weighted by Crippen LogP contribution is 2.24. The average Bonchev–Trinajstić information content (AvgIpc) is 3.34. The van der Waals surface area contributed by atoms with Crippen molar-refractivity contribution in [2.75, 3.05) is 19.6 Å². The summed E-state index contributed by atoms with van der Waals surface area (Å²) >= 11 is 0. The van der Waals surface area contributed by atoms with Gasteiger partial charge in [-0.25, -0.2) is 4.98 Å². The van der Waals surface area contributed by atoms with E-state index < -0.39 is 0 Å². The molecule has 9 nitrogen and oxygen atoms in total. The van der Waals surface area contributed by atoms with Gasteiger partial charge in [0.2, 0.25) is 0 Å². The Morgan fingerprint density at radius 2 is 1.56 bits per heavy atom. The van der Waals surface area contributed by atoms with Crippen LogP contribution in [0.1, 0.15) is 55.3 Å². The maximum absolute atomic E-state index is 12.6. The Hall–Kier alpha value is -4.01. The average molecular weight is 433 g/mol. The second kappa shape index (κ2) is 8.62. The highest BCUT2D eigenvalue weighted by atomic mass is 16.2. The first-order chi connectivity index (χ1) is 15.3. The van der Waals surface area contributed by atoms with Crippen LogP contribution in [0.5, 0.6) is 0 Å². The van der Waals surface area contributed by atoms with Gasteiger partial charge in [0, 0.05) is 30.8 Å². The minimum atomic E-state index is -0.386. The van der Waals surface area contributed by atoms with Gasteiger partial charge in [-0.3, -0.25) is 24.1 Å². The van der Waals surface area contributed by atoms with E-state index in [1.54, 1.807) is 24.5 Å². The number of rotatable bonds is 7. The number of aromatic nitrogens is 2. The van der Waals surface area contributed by atoms with Gasteiger partial charge in [0.1, 0.15) is 0 Å². The molecule has 164 valence electrons. The summed E-state index contributed by atoms with van der Waals surface area (Å²) in [6.07, 6.45) is 1.56. The second-order valence-electron chi connectivity index (χ2n) is 8.02. The fraction of sp³-hybridized carbons (Fsp3) is 0.261. The highest BCUT2D eigenvalue weighted by Gasteiger charge is 2.36. The lowest BCUT2D eigenvalue weighted by Crippen LogP contribution is -2.34. The normalized spacial score (nSPS) is 13.0. The van der Waals surface area contributed by atoms with E-state index in [0.717, 1.165) is 11.0 Å². The number of imidazole rings is 1. The van der Waals surface area contributed by atoms with E-state index in [0.29, 0.717) is 17.7 Å².